The topological polar surface area (TPSA) is 75.6 Å². The number of anilines is 1. The van der Waals surface area contributed by atoms with E-state index in [4.69, 9.17) is 11.6 Å². The molecule has 1 aromatic rings. The first kappa shape index (κ1) is 20.2. The number of rotatable bonds is 4. The zero-order valence-electron chi connectivity index (χ0n) is 15.4. The van der Waals surface area contributed by atoms with Gasteiger partial charge in [0, 0.05) is 38.0 Å². The van der Waals surface area contributed by atoms with Crippen LogP contribution in [-0.2, 0) is 11.3 Å². The van der Waals surface area contributed by atoms with Gasteiger partial charge in [-0.3, -0.25) is 4.79 Å². The highest BCUT2D eigenvalue weighted by Crippen LogP contribution is 2.28. The molecule has 1 unspecified atom stereocenters. The molecule has 1 amide bonds. The van der Waals surface area contributed by atoms with Crippen molar-refractivity contribution in [1.29, 1.82) is 0 Å². The molecule has 0 saturated carbocycles. The minimum atomic E-state index is -1.24. The Bertz CT molecular complexity index is 850. The van der Waals surface area contributed by atoms with Crippen molar-refractivity contribution in [3.05, 3.63) is 65.0 Å². The Balaban J connectivity index is 1.63. The van der Waals surface area contributed by atoms with Gasteiger partial charge < -0.3 is 15.6 Å². The molecule has 3 rings (SSSR count). The molecule has 1 heterocycles. The van der Waals surface area contributed by atoms with Crippen LogP contribution < -0.4 is 16.6 Å². The summed E-state index contributed by atoms with van der Waals surface area (Å²) >= 11 is 0. The van der Waals surface area contributed by atoms with Crippen molar-refractivity contribution in [1.82, 2.24) is 4.90 Å². The second kappa shape index (κ2) is 8.62. The molecule has 8 heteroatoms. The molecule has 0 radical (unpaired) electrons. The maximum absolute atomic E-state index is 13.6. The molecular formula is C20H23F3N4O. The van der Waals surface area contributed by atoms with Gasteiger partial charge >= 0.3 is 0 Å². The van der Waals surface area contributed by atoms with E-state index in [2.05, 4.69) is 0 Å². The Kier molecular flexibility index (Phi) is 6.21. The number of nitrogens with two attached hydrogens (primary N) is 2. The van der Waals surface area contributed by atoms with Gasteiger partial charge in [0.05, 0.1) is 12.2 Å². The molecule has 1 aromatic carbocycles. The molecule has 0 saturated heterocycles. The summed E-state index contributed by atoms with van der Waals surface area (Å²) < 4.78 is 40.4. The first-order valence-electron chi connectivity index (χ1n) is 9.07. The van der Waals surface area contributed by atoms with Gasteiger partial charge in [0.1, 0.15) is 5.83 Å². The van der Waals surface area contributed by atoms with Crippen molar-refractivity contribution >= 4 is 11.6 Å². The quantitative estimate of drug-likeness (QED) is 0.772. The number of halogens is 3. The summed E-state index contributed by atoms with van der Waals surface area (Å²) in [4.78, 5) is 14.4. The fourth-order valence-corrected chi connectivity index (χ4v) is 3.44. The lowest BCUT2D eigenvalue weighted by Crippen LogP contribution is -2.40. The van der Waals surface area contributed by atoms with E-state index < -0.39 is 23.5 Å². The first-order chi connectivity index (χ1) is 13.3. The Morgan fingerprint density at radius 3 is 2.61 bits per heavy atom. The number of benzene rings is 1. The van der Waals surface area contributed by atoms with Gasteiger partial charge in [-0.2, -0.15) is 0 Å². The van der Waals surface area contributed by atoms with E-state index in [0.717, 1.165) is 17.3 Å². The van der Waals surface area contributed by atoms with Crippen molar-refractivity contribution < 1.29 is 18.0 Å². The number of carbonyl (C=O) groups excluding carboxylic acids is 1. The molecule has 0 aromatic heterocycles. The summed E-state index contributed by atoms with van der Waals surface area (Å²) in [5.74, 6) is 2.72. The van der Waals surface area contributed by atoms with Crippen LogP contribution in [0.5, 0.6) is 0 Å². The third-order valence-corrected chi connectivity index (χ3v) is 4.83. The molecule has 2 aliphatic rings. The van der Waals surface area contributed by atoms with Gasteiger partial charge in [0.25, 0.3) is 0 Å². The van der Waals surface area contributed by atoms with Gasteiger partial charge in [-0.1, -0.05) is 23.8 Å². The Labute approximate surface area is 161 Å². The lowest BCUT2D eigenvalue weighted by molar-refractivity contribution is -0.132. The van der Waals surface area contributed by atoms with Crippen LogP contribution in [0.2, 0.25) is 0 Å². The van der Waals surface area contributed by atoms with Crippen LogP contribution in [-0.4, -0.2) is 29.9 Å². The molecule has 4 N–H and O–H groups in total. The van der Waals surface area contributed by atoms with Crippen molar-refractivity contribution in [2.45, 2.75) is 31.8 Å². The Morgan fingerprint density at radius 2 is 1.82 bits per heavy atom. The number of allylic oxidation sites excluding steroid dienone is 5. The maximum atomic E-state index is 13.6. The van der Waals surface area contributed by atoms with E-state index in [9.17, 15) is 18.0 Å². The highest BCUT2D eigenvalue weighted by atomic mass is 19.2. The van der Waals surface area contributed by atoms with Gasteiger partial charge in [-0.25, -0.2) is 19.0 Å². The van der Waals surface area contributed by atoms with E-state index in [0.29, 0.717) is 31.3 Å². The van der Waals surface area contributed by atoms with E-state index >= 15 is 0 Å². The lowest BCUT2D eigenvalue weighted by atomic mass is 10.00. The molecule has 0 bridgehead atoms. The normalized spacial score (nSPS) is 18.8. The van der Waals surface area contributed by atoms with E-state index in [1.807, 2.05) is 24.3 Å². The average molecular weight is 392 g/mol. The molecule has 150 valence electrons. The minimum Gasteiger partial charge on any atom is -0.336 e. The summed E-state index contributed by atoms with van der Waals surface area (Å²) in [5.41, 5.74) is 8.17. The fourth-order valence-electron chi connectivity index (χ4n) is 3.44. The van der Waals surface area contributed by atoms with Crippen molar-refractivity contribution in [2.75, 3.05) is 18.1 Å². The van der Waals surface area contributed by atoms with Crippen molar-refractivity contribution in [3.8, 4) is 0 Å². The van der Waals surface area contributed by atoms with Crippen LogP contribution in [0.1, 0.15) is 24.8 Å². The first-order valence-corrected chi connectivity index (χ1v) is 9.07. The SMILES string of the molecule is NC(CC(=O)N1CCN(N)c2ccccc2C1)CC1=CC(F)=C(F)C=C(F)C1. The predicted molar refractivity (Wildman–Crippen MR) is 102 cm³/mol. The van der Waals surface area contributed by atoms with Crippen molar-refractivity contribution in [2.24, 2.45) is 11.6 Å². The molecule has 0 spiro atoms. The number of hydrogen-bond acceptors (Lipinski definition) is 4. The third kappa shape index (κ3) is 4.82. The van der Waals surface area contributed by atoms with Gasteiger partial charge in [0.2, 0.25) is 5.91 Å². The monoisotopic (exact) mass is 392 g/mol. The molecule has 1 atom stereocenters. The smallest absolute Gasteiger partial charge is 0.224 e. The molecule has 5 nitrogen and oxygen atoms in total. The minimum absolute atomic E-state index is 0.0171. The van der Waals surface area contributed by atoms with Crippen LogP contribution in [0.4, 0.5) is 18.9 Å². The number of hydrazine groups is 1. The predicted octanol–water partition coefficient (Wildman–Crippen LogP) is 3.15. The largest absolute Gasteiger partial charge is 0.336 e. The number of nitrogens with zero attached hydrogens (tertiary/aromatic N) is 2. The highest BCUT2D eigenvalue weighted by Gasteiger charge is 2.24. The van der Waals surface area contributed by atoms with Gasteiger partial charge in [-0.05, 0) is 24.1 Å². The lowest BCUT2D eigenvalue weighted by Gasteiger charge is -2.23. The molecule has 1 aliphatic heterocycles. The Morgan fingerprint density at radius 1 is 1.11 bits per heavy atom. The average Bonchev–Trinajstić information content (AvgIpc) is 2.87. The van der Waals surface area contributed by atoms with Crippen LogP contribution in [0.3, 0.4) is 0 Å². The maximum Gasteiger partial charge on any atom is 0.224 e. The van der Waals surface area contributed by atoms with E-state index in [-0.39, 0.29) is 25.2 Å². The summed E-state index contributed by atoms with van der Waals surface area (Å²) in [5, 5.41) is 1.61. The zero-order chi connectivity index (χ0) is 20.3. The standard InChI is InChI=1S/C20H23F3N4O/c21-15-7-13(9-17(22)18(23)10-15)8-16(24)11-20(28)26-5-6-27(25)19-4-2-1-3-14(19)12-26/h1-4,9-10,16H,5-8,11-12,24-25H2. The number of fused-ring (bicyclic) bond motifs is 1. The number of amides is 1. The van der Waals surface area contributed by atoms with E-state index in [1.54, 1.807) is 9.91 Å². The highest BCUT2D eigenvalue weighted by molar-refractivity contribution is 5.77. The second-order valence-electron chi connectivity index (χ2n) is 7.07. The zero-order valence-corrected chi connectivity index (χ0v) is 15.4. The van der Waals surface area contributed by atoms with Crippen LogP contribution >= 0.6 is 0 Å². The molecule has 0 fully saturated rings. The summed E-state index contributed by atoms with van der Waals surface area (Å²) in [7, 11) is 0. The van der Waals surface area contributed by atoms with Crippen LogP contribution in [0.15, 0.2) is 59.5 Å². The number of hydrogen-bond donors (Lipinski definition) is 2. The van der Waals surface area contributed by atoms with Crippen LogP contribution in [0, 0.1) is 0 Å². The third-order valence-electron chi connectivity index (χ3n) is 4.83. The molecule has 1 aliphatic carbocycles. The number of carbonyl (C=O) groups is 1. The van der Waals surface area contributed by atoms with Crippen molar-refractivity contribution in [3.63, 3.8) is 0 Å². The second-order valence-corrected chi connectivity index (χ2v) is 7.07. The van der Waals surface area contributed by atoms with Crippen LogP contribution in [0.25, 0.3) is 0 Å². The number of para-hydroxylation sites is 1. The van der Waals surface area contributed by atoms with Gasteiger partial charge in [-0.15, -0.1) is 0 Å². The fraction of sp³-hybridized carbons (Fsp3) is 0.350. The summed E-state index contributed by atoms with van der Waals surface area (Å²) in [6.45, 7) is 1.34. The van der Waals surface area contributed by atoms with E-state index in [1.165, 1.54) is 0 Å². The summed E-state index contributed by atoms with van der Waals surface area (Å²) in [6, 6.07) is 6.95. The van der Waals surface area contributed by atoms with Gasteiger partial charge in [0.15, 0.2) is 11.7 Å². The molecule has 28 heavy (non-hydrogen) atoms. The Hall–Kier alpha value is -2.58. The molecular weight excluding hydrogens is 369 g/mol. The summed E-state index contributed by atoms with van der Waals surface area (Å²) in [6.07, 6.45) is 1.38.